The fraction of sp³-hybridized carbons (Fsp3) is 0.417. The van der Waals surface area contributed by atoms with Crippen LogP contribution < -0.4 is 10.1 Å². The van der Waals surface area contributed by atoms with Gasteiger partial charge in [0.2, 0.25) is 5.91 Å². The molecule has 3 nitrogen and oxygen atoms in total. The molecule has 86 valence electrons. The normalized spacial score (nSPS) is 18.1. The van der Waals surface area contributed by atoms with Crippen molar-refractivity contribution in [2.24, 2.45) is 0 Å². The standard InChI is InChI=1S/C12H14FNO2/c1-7-4-5-8(13)10-11(7)16-12(2,3)6-9(15)14-10/h4-5H,6H2,1-3H3,(H,14,15). The van der Waals surface area contributed by atoms with Gasteiger partial charge in [0.15, 0.2) is 5.82 Å². The summed E-state index contributed by atoms with van der Waals surface area (Å²) in [5, 5.41) is 2.55. The summed E-state index contributed by atoms with van der Waals surface area (Å²) in [6.07, 6.45) is 0.209. The minimum atomic E-state index is -0.617. The molecule has 1 aliphatic heterocycles. The van der Waals surface area contributed by atoms with Crippen molar-refractivity contribution in [2.45, 2.75) is 32.8 Å². The van der Waals surface area contributed by atoms with Crippen LogP contribution in [-0.2, 0) is 4.79 Å². The van der Waals surface area contributed by atoms with E-state index in [1.54, 1.807) is 6.07 Å². The number of carbonyl (C=O) groups is 1. The Morgan fingerprint density at radius 2 is 2.12 bits per heavy atom. The lowest BCUT2D eigenvalue weighted by Gasteiger charge is -2.24. The quantitative estimate of drug-likeness (QED) is 0.734. The van der Waals surface area contributed by atoms with Crippen LogP contribution in [0.3, 0.4) is 0 Å². The van der Waals surface area contributed by atoms with Crippen LogP contribution in [-0.4, -0.2) is 11.5 Å². The van der Waals surface area contributed by atoms with Crippen molar-refractivity contribution in [1.29, 1.82) is 0 Å². The molecular weight excluding hydrogens is 209 g/mol. The maximum atomic E-state index is 13.6. The monoisotopic (exact) mass is 223 g/mol. The summed E-state index contributed by atoms with van der Waals surface area (Å²) in [4.78, 5) is 11.6. The Labute approximate surface area is 93.6 Å². The van der Waals surface area contributed by atoms with Gasteiger partial charge >= 0.3 is 0 Å². The summed E-state index contributed by atoms with van der Waals surface area (Å²) in [5.41, 5.74) is 0.343. The van der Waals surface area contributed by atoms with Gasteiger partial charge in [-0.2, -0.15) is 0 Å². The van der Waals surface area contributed by atoms with Gasteiger partial charge in [0.25, 0.3) is 0 Å². The van der Waals surface area contributed by atoms with Gasteiger partial charge in [-0.1, -0.05) is 6.07 Å². The van der Waals surface area contributed by atoms with E-state index in [1.807, 2.05) is 20.8 Å². The molecule has 0 fully saturated rings. The molecule has 1 heterocycles. The number of aryl methyl sites for hydroxylation is 1. The largest absolute Gasteiger partial charge is 0.485 e. The summed E-state index contributed by atoms with van der Waals surface area (Å²) in [5.74, 6) is -0.268. The van der Waals surface area contributed by atoms with Gasteiger partial charge < -0.3 is 10.1 Å². The number of rotatable bonds is 0. The number of fused-ring (bicyclic) bond motifs is 1. The molecule has 0 aromatic heterocycles. The van der Waals surface area contributed by atoms with E-state index in [2.05, 4.69) is 5.32 Å². The van der Waals surface area contributed by atoms with Gasteiger partial charge in [-0.05, 0) is 32.4 Å². The third-order valence-electron chi connectivity index (χ3n) is 2.53. The lowest BCUT2D eigenvalue weighted by Crippen LogP contribution is -2.31. The highest BCUT2D eigenvalue weighted by atomic mass is 19.1. The summed E-state index contributed by atoms with van der Waals surface area (Å²) >= 11 is 0. The third kappa shape index (κ3) is 1.87. The van der Waals surface area contributed by atoms with Crippen LogP contribution in [0.25, 0.3) is 0 Å². The van der Waals surface area contributed by atoms with Crippen molar-refractivity contribution in [3.63, 3.8) is 0 Å². The number of nitrogens with one attached hydrogen (secondary N) is 1. The Morgan fingerprint density at radius 1 is 1.44 bits per heavy atom. The number of halogens is 1. The van der Waals surface area contributed by atoms with Crippen LogP contribution >= 0.6 is 0 Å². The number of ether oxygens (including phenoxy) is 1. The maximum Gasteiger partial charge on any atom is 0.228 e. The number of hydrogen-bond acceptors (Lipinski definition) is 2. The van der Waals surface area contributed by atoms with Crippen molar-refractivity contribution in [3.05, 3.63) is 23.5 Å². The van der Waals surface area contributed by atoms with Gasteiger partial charge in [-0.15, -0.1) is 0 Å². The van der Waals surface area contributed by atoms with Crippen LogP contribution in [0.15, 0.2) is 12.1 Å². The zero-order chi connectivity index (χ0) is 11.9. The predicted octanol–water partition coefficient (Wildman–Crippen LogP) is 2.63. The van der Waals surface area contributed by atoms with E-state index in [9.17, 15) is 9.18 Å². The zero-order valence-corrected chi connectivity index (χ0v) is 9.56. The molecule has 0 unspecified atom stereocenters. The first-order valence-electron chi connectivity index (χ1n) is 5.17. The predicted molar refractivity (Wildman–Crippen MR) is 59.1 cm³/mol. The van der Waals surface area contributed by atoms with Crippen LogP contribution in [0.1, 0.15) is 25.8 Å². The highest BCUT2D eigenvalue weighted by Crippen LogP contribution is 2.37. The Bertz CT molecular complexity index is 455. The van der Waals surface area contributed by atoms with Gasteiger partial charge in [-0.25, -0.2) is 4.39 Å². The molecule has 1 aliphatic rings. The Morgan fingerprint density at radius 3 is 2.81 bits per heavy atom. The first-order valence-corrected chi connectivity index (χ1v) is 5.17. The average molecular weight is 223 g/mol. The summed E-state index contributed by atoms with van der Waals surface area (Å²) < 4.78 is 19.3. The Kier molecular flexibility index (Phi) is 2.37. The second kappa shape index (κ2) is 3.47. The van der Waals surface area contributed by atoms with Crippen LogP contribution in [0.2, 0.25) is 0 Å². The molecule has 1 amide bonds. The van der Waals surface area contributed by atoms with E-state index in [0.29, 0.717) is 5.75 Å². The van der Waals surface area contributed by atoms with E-state index < -0.39 is 11.4 Å². The molecule has 2 rings (SSSR count). The molecule has 0 spiro atoms. The van der Waals surface area contributed by atoms with Crippen LogP contribution in [0.5, 0.6) is 5.75 Å². The van der Waals surface area contributed by atoms with Crippen molar-refractivity contribution >= 4 is 11.6 Å². The van der Waals surface area contributed by atoms with Crippen molar-refractivity contribution in [1.82, 2.24) is 0 Å². The van der Waals surface area contributed by atoms with E-state index in [4.69, 9.17) is 4.74 Å². The van der Waals surface area contributed by atoms with E-state index in [1.165, 1.54) is 6.07 Å². The Hall–Kier alpha value is -1.58. The highest BCUT2D eigenvalue weighted by molar-refractivity contribution is 5.94. The van der Waals surface area contributed by atoms with Crippen molar-refractivity contribution in [3.8, 4) is 5.75 Å². The fourth-order valence-electron chi connectivity index (χ4n) is 1.79. The topological polar surface area (TPSA) is 38.3 Å². The fourth-order valence-corrected chi connectivity index (χ4v) is 1.79. The highest BCUT2D eigenvalue weighted by Gasteiger charge is 2.31. The minimum Gasteiger partial charge on any atom is -0.485 e. The van der Waals surface area contributed by atoms with Gasteiger partial charge in [0.05, 0.1) is 6.42 Å². The number of carbonyl (C=O) groups excluding carboxylic acids is 1. The lowest BCUT2D eigenvalue weighted by molar-refractivity contribution is -0.118. The first kappa shape index (κ1) is 10.9. The van der Waals surface area contributed by atoms with Gasteiger partial charge in [0.1, 0.15) is 17.0 Å². The molecule has 4 heteroatoms. The molecule has 0 saturated heterocycles. The van der Waals surface area contributed by atoms with Gasteiger partial charge in [0, 0.05) is 0 Å². The van der Waals surface area contributed by atoms with E-state index in [0.717, 1.165) is 5.56 Å². The average Bonchev–Trinajstić information content (AvgIpc) is 2.27. The number of anilines is 1. The smallest absolute Gasteiger partial charge is 0.228 e. The number of benzene rings is 1. The molecule has 1 N–H and O–H groups in total. The Balaban J connectivity index is 2.58. The lowest BCUT2D eigenvalue weighted by atomic mass is 10.1. The molecule has 1 aromatic rings. The van der Waals surface area contributed by atoms with Crippen LogP contribution in [0.4, 0.5) is 10.1 Å². The number of hydrogen-bond donors (Lipinski definition) is 1. The van der Waals surface area contributed by atoms with E-state index in [-0.39, 0.29) is 18.0 Å². The molecule has 0 atom stereocenters. The van der Waals surface area contributed by atoms with Gasteiger partial charge in [-0.3, -0.25) is 4.79 Å². The summed E-state index contributed by atoms with van der Waals surface area (Å²) in [6, 6.07) is 2.97. The molecule has 0 aliphatic carbocycles. The van der Waals surface area contributed by atoms with E-state index >= 15 is 0 Å². The van der Waals surface area contributed by atoms with Crippen molar-refractivity contribution in [2.75, 3.05) is 5.32 Å². The molecule has 0 bridgehead atoms. The number of amides is 1. The van der Waals surface area contributed by atoms with Crippen molar-refractivity contribution < 1.29 is 13.9 Å². The second-order valence-corrected chi connectivity index (χ2v) is 4.66. The molecule has 0 saturated carbocycles. The van der Waals surface area contributed by atoms with Crippen LogP contribution in [0, 0.1) is 12.7 Å². The second-order valence-electron chi connectivity index (χ2n) is 4.66. The summed E-state index contributed by atoms with van der Waals surface area (Å²) in [6.45, 7) is 5.45. The SMILES string of the molecule is Cc1ccc(F)c2c1OC(C)(C)CC(=O)N2. The molecule has 16 heavy (non-hydrogen) atoms. The zero-order valence-electron chi connectivity index (χ0n) is 9.56. The third-order valence-corrected chi connectivity index (χ3v) is 2.53. The summed E-state index contributed by atoms with van der Waals surface area (Å²) in [7, 11) is 0. The molecule has 0 radical (unpaired) electrons. The molecule has 1 aromatic carbocycles. The molecular formula is C12H14FNO2. The maximum absolute atomic E-state index is 13.6. The minimum absolute atomic E-state index is 0.149. The first-order chi connectivity index (χ1) is 7.39.